The van der Waals surface area contributed by atoms with Gasteiger partial charge in [-0.3, -0.25) is 4.79 Å². The summed E-state index contributed by atoms with van der Waals surface area (Å²) in [6.07, 6.45) is 2.05. The van der Waals surface area contributed by atoms with E-state index in [-0.39, 0.29) is 5.91 Å². The van der Waals surface area contributed by atoms with E-state index in [9.17, 15) is 4.79 Å². The molecular formula is C21H28N4O2. The first-order chi connectivity index (χ1) is 13.2. The Kier molecular flexibility index (Phi) is 6.76. The van der Waals surface area contributed by atoms with E-state index in [1.807, 2.05) is 41.3 Å². The molecular weight excluding hydrogens is 340 g/mol. The number of carbonyl (C=O) groups excluding carboxylic acids is 1. The maximum absolute atomic E-state index is 13.0. The van der Waals surface area contributed by atoms with Crippen molar-refractivity contribution < 1.29 is 9.53 Å². The molecule has 1 aliphatic rings. The first-order valence-electron chi connectivity index (χ1n) is 9.79. The Morgan fingerprint density at radius 1 is 1.07 bits per heavy atom. The van der Waals surface area contributed by atoms with Gasteiger partial charge in [0.15, 0.2) is 5.82 Å². The largest absolute Gasteiger partial charge is 0.378 e. The summed E-state index contributed by atoms with van der Waals surface area (Å²) in [6, 6.07) is 11.7. The van der Waals surface area contributed by atoms with Crippen molar-refractivity contribution in [3.8, 4) is 11.4 Å². The van der Waals surface area contributed by atoms with Gasteiger partial charge < -0.3 is 14.5 Å². The van der Waals surface area contributed by atoms with Gasteiger partial charge in [0.2, 0.25) is 0 Å². The van der Waals surface area contributed by atoms with Crippen LogP contribution in [0.5, 0.6) is 0 Å². The molecule has 3 rings (SSSR count). The Balaban J connectivity index is 2.00. The van der Waals surface area contributed by atoms with E-state index in [0.717, 1.165) is 37.3 Å². The average Bonchev–Trinajstić information content (AvgIpc) is 2.74. The van der Waals surface area contributed by atoms with Crippen LogP contribution in [-0.4, -0.2) is 60.2 Å². The summed E-state index contributed by atoms with van der Waals surface area (Å²) in [4.78, 5) is 26.5. The third-order valence-electron chi connectivity index (χ3n) is 4.57. The normalized spacial score (nSPS) is 14.2. The Morgan fingerprint density at radius 2 is 1.74 bits per heavy atom. The minimum atomic E-state index is -0.0490. The summed E-state index contributed by atoms with van der Waals surface area (Å²) in [5, 5.41) is 0. The molecule has 2 heterocycles. The lowest BCUT2D eigenvalue weighted by Crippen LogP contribution is -2.41. The van der Waals surface area contributed by atoms with Crippen molar-refractivity contribution in [1.82, 2.24) is 14.9 Å². The Morgan fingerprint density at radius 3 is 2.37 bits per heavy atom. The van der Waals surface area contributed by atoms with Gasteiger partial charge in [-0.2, -0.15) is 0 Å². The lowest BCUT2D eigenvalue weighted by molar-refractivity contribution is 0.0299. The second kappa shape index (κ2) is 9.46. The molecule has 6 nitrogen and oxygen atoms in total. The number of nitrogens with zero attached hydrogens (tertiary/aromatic N) is 4. The Bertz CT molecular complexity index is 739. The quantitative estimate of drug-likeness (QED) is 0.751. The van der Waals surface area contributed by atoms with E-state index in [2.05, 4.69) is 23.7 Å². The molecule has 144 valence electrons. The number of aromatic nitrogens is 2. The van der Waals surface area contributed by atoms with Gasteiger partial charge in [0.25, 0.3) is 5.91 Å². The van der Waals surface area contributed by atoms with Crippen molar-refractivity contribution in [2.45, 2.75) is 26.7 Å². The monoisotopic (exact) mass is 368 g/mol. The number of benzene rings is 1. The number of hydrogen-bond acceptors (Lipinski definition) is 5. The fourth-order valence-electron chi connectivity index (χ4n) is 3.23. The maximum Gasteiger partial charge on any atom is 0.272 e. The molecule has 1 aliphatic heterocycles. The zero-order valence-electron chi connectivity index (χ0n) is 16.2. The molecule has 0 radical (unpaired) electrons. The molecule has 0 bridgehead atoms. The van der Waals surface area contributed by atoms with Gasteiger partial charge in [-0.15, -0.1) is 0 Å². The smallest absolute Gasteiger partial charge is 0.272 e. The second-order valence-electron chi connectivity index (χ2n) is 6.69. The zero-order valence-corrected chi connectivity index (χ0v) is 16.2. The summed E-state index contributed by atoms with van der Waals surface area (Å²) in [5.74, 6) is 1.37. The summed E-state index contributed by atoms with van der Waals surface area (Å²) in [6.45, 7) is 8.48. The predicted molar refractivity (Wildman–Crippen MR) is 107 cm³/mol. The lowest BCUT2D eigenvalue weighted by Gasteiger charge is -2.27. The van der Waals surface area contributed by atoms with Crippen LogP contribution >= 0.6 is 0 Å². The van der Waals surface area contributed by atoms with Gasteiger partial charge in [-0.05, 0) is 12.8 Å². The van der Waals surface area contributed by atoms with Gasteiger partial charge in [0.05, 0.1) is 13.2 Å². The van der Waals surface area contributed by atoms with Crippen LogP contribution in [0.15, 0.2) is 36.4 Å². The standard InChI is InChI=1S/C21H28N4O2/c1-3-10-24(11-4-2)19-16-18(21(26)25-12-14-27-15-13-25)22-20(23-19)17-8-6-5-7-9-17/h5-9,16H,3-4,10-15H2,1-2H3. The molecule has 1 aromatic heterocycles. The van der Waals surface area contributed by atoms with Gasteiger partial charge in [-0.25, -0.2) is 9.97 Å². The minimum Gasteiger partial charge on any atom is -0.378 e. The SMILES string of the molecule is CCCN(CCC)c1cc(C(=O)N2CCOCC2)nc(-c2ccccc2)n1. The molecule has 1 aromatic carbocycles. The second-order valence-corrected chi connectivity index (χ2v) is 6.69. The average molecular weight is 368 g/mol. The summed E-state index contributed by atoms with van der Waals surface area (Å²) < 4.78 is 5.37. The van der Waals surface area contributed by atoms with Gasteiger partial charge in [0.1, 0.15) is 11.5 Å². The fraction of sp³-hybridized carbons (Fsp3) is 0.476. The van der Waals surface area contributed by atoms with Crippen LogP contribution in [0.3, 0.4) is 0 Å². The van der Waals surface area contributed by atoms with Gasteiger partial charge in [-0.1, -0.05) is 44.2 Å². The third-order valence-corrected chi connectivity index (χ3v) is 4.57. The van der Waals surface area contributed by atoms with Crippen molar-refractivity contribution in [1.29, 1.82) is 0 Å². The molecule has 1 saturated heterocycles. The van der Waals surface area contributed by atoms with Crippen molar-refractivity contribution >= 4 is 11.7 Å². The van der Waals surface area contributed by atoms with Crippen LogP contribution < -0.4 is 4.90 Å². The lowest BCUT2D eigenvalue weighted by atomic mass is 10.2. The fourth-order valence-corrected chi connectivity index (χ4v) is 3.23. The number of rotatable bonds is 7. The highest BCUT2D eigenvalue weighted by molar-refractivity contribution is 5.93. The molecule has 1 amide bonds. The number of hydrogen-bond donors (Lipinski definition) is 0. The topological polar surface area (TPSA) is 58.6 Å². The summed E-state index contributed by atoms with van der Waals surface area (Å²) in [5.41, 5.74) is 1.38. The highest BCUT2D eigenvalue weighted by Gasteiger charge is 2.22. The Hall–Kier alpha value is -2.47. The molecule has 6 heteroatoms. The zero-order chi connectivity index (χ0) is 19.1. The third kappa shape index (κ3) is 4.83. The molecule has 0 spiro atoms. The molecule has 0 N–H and O–H groups in total. The summed E-state index contributed by atoms with van der Waals surface area (Å²) >= 11 is 0. The van der Waals surface area contributed by atoms with Crippen LogP contribution in [0.4, 0.5) is 5.82 Å². The Labute approximate surface area is 161 Å². The van der Waals surface area contributed by atoms with E-state index >= 15 is 0 Å². The van der Waals surface area contributed by atoms with Crippen LogP contribution in [0.25, 0.3) is 11.4 Å². The van der Waals surface area contributed by atoms with Crippen molar-refractivity contribution in [3.05, 3.63) is 42.1 Å². The van der Waals surface area contributed by atoms with E-state index in [1.165, 1.54) is 0 Å². The van der Waals surface area contributed by atoms with Crippen LogP contribution in [0.2, 0.25) is 0 Å². The highest BCUT2D eigenvalue weighted by Crippen LogP contribution is 2.22. The maximum atomic E-state index is 13.0. The number of amides is 1. The van der Waals surface area contributed by atoms with Gasteiger partial charge >= 0.3 is 0 Å². The van der Waals surface area contributed by atoms with Crippen molar-refractivity contribution in [2.24, 2.45) is 0 Å². The minimum absolute atomic E-state index is 0.0490. The number of ether oxygens (including phenoxy) is 1. The van der Waals surface area contributed by atoms with Crippen LogP contribution in [0.1, 0.15) is 37.2 Å². The molecule has 0 saturated carbocycles. The number of carbonyl (C=O) groups is 1. The molecule has 0 aliphatic carbocycles. The highest BCUT2D eigenvalue weighted by atomic mass is 16.5. The number of anilines is 1. The van der Waals surface area contributed by atoms with Crippen LogP contribution in [-0.2, 0) is 4.74 Å². The number of morpholine rings is 1. The molecule has 27 heavy (non-hydrogen) atoms. The molecule has 0 atom stereocenters. The predicted octanol–water partition coefficient (Wildman–Crippen LogP) is 3.24. The van der Waals surface area contributed by atoms with Gasteiger partial charge in [0, 0.05) is 37.8 Å². The molecule has 2 aromatic rings. The molecule has 1 fully saturated rings. The molecule has 0 unspecified atom stereocenters. The first-order valence-corrected chi connectivity index (χ1v) is 9.79. The van der Waals surface area contributed by atoms with E-state index in [1.54, 1.807) is 0 Å². The van der Waals surface area contributed by atoms with Crippen molar-refractivity contribution in [3.63, 3.8) is 0 Å². The summed E-state index contributed by atoms with van der Waals surface area (Å²) in [7, 11) is 0. The van der Waals surface area contributed by atoms with Crippen LogP contribution in [0, 0.1) is 0 Å². The first kappa shape index (κ1) is 19.3. The van der Waals surface area contributed by atoms with E-state index in [4.69, 9.17) is 9.72 Å². The van der Waals surface area contributed by atoms with E-state index < -0.39 is 0 Å². The van der Waals surface area contributed by atoms with E-state index in [0.29, 0.717) is 37.8 Å². The van der Waals surface area contributed by atoms with Crippen molar-refractivity contribution in [2.75, 3.05) is 44.3 Å².